The summed E-state index contributed by atoms with van der Waals surface area (Å²) in [6.07, 6.45) is 1.98. The molecule has 2 N–H and O–H groups in total. The third-order valence-corrected chi connectivity index (χ3v) is 6.78. The van der Waals surface area contributed by atoms with Gasteiger partial charge >= 0.3 is 0 Å². The molecule has 1 amide bonds. The molecule has 1 fully saturated rings. The Morgan fingerprint density at radius 2 is 1.78 bits per heavy atom. The molecule has 7 nitrogen and oxygen atoms in total. The fourth-order valence-electron chi connectivity index (χ4n) is 3.29. The van der Waals surface area contributed by atoms with E-state index in [0.29, 0.717) is 38.3 Å². The van der Waals surface area contributed by atoms with Crippen LogP contribution in [0.2, 0.25) is 0 Å². The van der Waals surface area contributed by atoms with Gasteiger partial charge in [0.2, 0.25) is 10.0 Å². The van der Waals surface area contributed by atoms with E-state index in [-0.39, 0.29) is 22.6 Å². The quantitative estimate of drug-likeness (QED) is 0.610. The van der Waals surface area contributed by atoms with Gasteiger partial charge in [-0.1, -0.05) is 25.5 Å². The lowest BCUT2D eigenvalue weighted by molar-refractivity contribution is -0.895. The molecule has 8 heteroatoms. The summed E-state index contributed by atoms with van der Waals surface area (Å²) in [5, 5.41) is 2.99. The number of quaternary nitrogens is 1. The lowest BCUT2D eigenvalue weighted by Gasteiger charge is -2.31. The second kappa shape index (κ2) is 9.43. The van der Waals surface area contributed by atoms with Crippen LogP contribution < -0.4 is 10.2 Å². The number of nitrogens with zero attached hydrogens (tertiary/aromatic N) is 1. The minimum absolute atomic E-state index is 0.0158. The van der Waals surface area contributed by atoms with E-state index in [9.17, 15) is 18.0 Å². The molecule has 27 heavy (non-hydrogen) atoms. The van der Waals surface area contributed by atoms with Gasteiger partial charge in [-0.3, -0.25) is 9.59 Å². The van der Waals surface area contributed by atoms with Crippen LogP contribution in [-0.4, -0.2) is 63.2 Å². The highest BCUT2D eigenvalue weighted by molar-refractivity contribution is 7.89. The molecule has 1 aromatic rings. The second-order valence-electron chi connectivity index (χ2n) is 7.17. The third-order valence-electron chi connectivity index (χ3n) is 4.87. The molecule has 1 heterocycles. The summed E-state index contributed by atoms with van der Waals surface area (Å²) in [7, 11) is -3.57. The average Bonchev–Trinajstić information content (AvgIpc) is 2.62. The van der Waals surface area contributed by atoms with Gasteiger partial charge in [0.05, 0.1) is 31.1 Å². The predicted molar refractivity (Wildman–Crippen MR) is 103 cm³/mol. The zero-order chi connectivity index (χ0) is 20.0. The Hall–Kier alpha value is -1.77. The van der Waals surface area contributed by atoms with Crippen LogP contribution in [0.4, 0.5) is 0 Å². The monoisotopic (exact) mass is 396 g/mol. The van der Waals surface area contributed by atoms with Crippen molar-refractivity contribution in [1.82, 2.24) is 9.62 Å². The number of rotatable bonds is 8. The number of hydrogen-bond donors (Lipinski definition) is 2. The summed E-state index contributed by atoms with van der Waals surface area (Å²) in [5.41, 5.74) is 0.492. The van der Waals surface area contributed by atoms with Crippen molar-refractivity contribution in [3.63, 3.8) is 0 Å². The fraction of sp³-hybridized carbons (Fsp3) is 0.579. The van der Waals surface area contributed by atoms with Crippen molar-refractivity contribution in [3.8, 4) is 0 Å². The first-order chi connectivity index (χ1) is 12.7. The zero-order valence-corrected chi connectivity index (χ0v) is 17.1. The lowest BCUT2D eigenvalue weighted by Crippen LogP contribution is -3.15. The maximum atomic E-state index is 12.8. The van der Waals surface area contributed by atoms with Crippen LogP contribution in [0.5, 0.6) is 0 Å². The number of piperazine rings is 1. The summed E-state index contributed by atoms with van der Waals surface area (Å²) in [5.74, 6) is -0.0789. The summed E-state index contributed by atoms with van der Waals surface area (Å²) >= 11 is 0. The number of amides is 1. The van der Waals surface area contributed by atoms with Gasteiger partial charge in [-0.25, -0.2) is 8.42 Å². The van der Waals surface area contributed by atoms with Crippen LogP contribution in [0.25, 0.3) is 0 Å². The molecular formula is C19H30N3O4S+. The van der Waals surface area contributed by atoms with Crippen LogP contribution in [0.1, 0.15) is 44.0 Å². The molecule has 150 valence electrons. The zero-order valence-electron chi connectivity index (χ0n) is 16.3. The Bertz CT molecular complexity index is 754. The fourth-order valence-corrected chi connectivity index (χ4v) is 4.73. The summed E-state index contributed by atoms with van der Waals surface area (Å²) in [6, 6.07) is 6.21. The molecule has 0 spiro atoms. The Balaban J connectivity index is 1.90. The first-order valence-electron chi connectivity index (χ1n) is 9.48. The number of benzene rings is 1. The van der Waals surface area contributed by atoms with Crippen LogP contribution in [0.15, 0.2) is 29.2 Å². The van der Waals surface area contributed by atoms with Gasteiger partial charge < -0.3 is 10.2 Å². The maximum Gasteiger partial charge on any atom is 0.275 e. The highest BCUT2D eigenvalue weighted by atomic mass is 32.2. The topological polar surface area (TPSA) is 88.0 Å². The number of ketones is 1. The minimum atomic E-state index is -3.57. The Morgan fingerprint density at radius 3 is 2.30 bits per heavy atom. The van der Waals surface area contributed by atoms with Gasteiger partial charge in [-0.15, -0.1) is 0 Å². The Kier molecular flexibility index (Phi) is 7.52. The van der Waals surface area contributed by atoms with Gasteiger partial charge in [0.15, 0.2) is 12.3 Å². The first kappa shape index (κ1) is 21.5. The molecule has 1 atom stereocenters. The normalized spacial score (nSPS) is 17.4. The van der Waals surface area contributed by atoms with Crippen molar-refractivity contribution in [2.45, 2.75) is 44.6 Å². The summed E-state index contributed by atoms with van der Waals surface area (Å²) in [4.78, 5) is 24.7. The van der Waals surface area contributed by atoms with Crippen molar-refractivity contribution in [2.24, 2.45) is 0 Å². The number of carbonyl (C=O) groups excluding carboxylic acids is 2. The molecule has 1 aromatic carbocycles. The van der Waals surface area contributed by atoms with Crippen LogP contribution >= 0.6 is 0 Å². The molecule has 0 bridgehead atoms. The maximum absolute atomic E-state index is 12.8. The second-order valence-corrected chi connectivity index (χ2v) is 9.11. The third kappa shape index (κ3) is 5.85. The molecule has 0 radical (unpaired) electrons. The molecule has 0 aromatic heterocycles. The van der Waals surface area contributed by atoms with Gasteiger partial charge in [0.1, 0.15) is 0 Å². The SMILES string of the molecule is CCC[C@H](C)NC(=O)C[NH+]1CCN(S(=O)(=O)c2ccc(C(C)=O)cc2)CC1. The van der Waals surface area contributed by atoms with Crippen LogP contribution in [-0.2, 0) is 14.8 Å². The number of nitrogens with one attached hydrogen (secondary N) is 2. The number of carbonyl (C=O) groups is 2. The van der Waals surface area contributed by atoms with Crippen molar-refractivity contribution in [1.29, 1.82) is 0 Å². The van der Waals surface area contributed by atoms with E-state index in [1.165, 1.54) is 23.4 Å². The number of Topliss-reactive ketones (excluding diaryl/α,β-unsaturated/α-hetero) is 1. The van der Waals surface area contributed by atoms with Gasteiger partial charge in [-0.2, -0.15) is 4.31 Å². The highest BCUT2D eigenvalue weighted by Crippen LogP contribution is 2.16. The average molecular weight is 397 g/mol. The van der Waals surface area contributed by atoms with E-state index in [1.54, 1.807) is 12.1 Å². The van der Waals surface area contributed by atoms with E-state index < -0.39 is 10.0 Å². The summed E-state index contributed by atoms with van der Waals surface area (Å²) in [6.45, 7) is 7.86. The Labute approximate surface area is 161 Å². The van der Waals surface area contributed by atoms with Gasteiger partial charge in [0, 0.05) is 11.6 Å². The van der Waals surface area contributed by atoms with E-state index in [4.69, 9.17) is 0 Å². The van der Waals surface area contributed by atoms with E-state index in [2.05, 4.69) is 12.2 Å². The molecule has 2 rings (SSSR count). The highest BCUT2D eigenvalue weighted by Gasteiger charge is 2.31. The summed E-state index contributed by atoms with van der Waals surface area (Å²) < 4.78 is 27.0. The van der Waals surface area contributed by atoms with Crippen molar-refractivity contribution < 1.29 is 22.9 Å². The van der Waals surface area contributed by atoms with E-state index in [0.717, 1.165) is 17.7 Å². The Morgan fingerprint density at radius 1 is 1.19 bits per heavy atom. The minimum Gasteiger partial charge on any atom is -0.349 e. The molecule has 1 aliphatic rings. The molecule has 0 saturated carbocycles. The predicted octanol–water partition coefficient (Wildman–Crippen LogP) is 0.0832. The van der Waals surface area contributed by atoms with Crippen molar-refractivity contribution in [3.05, 3.63) is 29.8 Å². The molecular weight excluding hydrogens is 366 g/mol. The standard InChI is InChI=1S/C19H29N3O4S/c1-4-5-15(2)20-19(24)14-21-10-12-22(13-11-21)27(25,26)18-8-6-17(7-9-18)16(3)23/h6-9,15H,4-5,10-14H2,1-3H3,(H,20,24)/p+1/t15-/m0/s1. The lowest BCUT2D eigenvalue weighted by atomic mass is 10.2. The molecule has 0 unspecified atom stereocenters. The number of hydrogen-bond acceptors (Lipinski definition) is 4. The smallest absolute Gasteiger partial charge is 0.275 e. The van der Waals surface area contributed by atoms with Gasteiger partial charge in [0.25, 0.3) is 5.91 Å². The van der Waals surface area contributed by atoms with Crippen molar-refractivity contribution >= 4 is 21.7 Å². The largest absolute Gasteiger partial charge is 0.349 e. The molecule has 0 aliphatic carbocycles. The first-order valence-corrected chi connectivity index (χ1v) is 10.9. The molecule has 1 saturated heterocycles. The molecule has 1 aliphatic heterocycles. The van der Waals surface area contributed by atoms with E-state index in [1.807, 2.05) is 6.92 Å². The van der Waals surface area contributed by atoms with Crippen LogP contribution in [0, 0.1) is 0 Å². The number of sulfonamides is 1. The van der Waals surface area contributed by atoms with Gasteiger partial charge in [-0.05, 0) is 32.4 Å². The van der Waals surface area contributed by atoms with Crippen LogP contribution in [0.3, 0.4) is 0 Å². The van der Waals surface area contributed by atoms with E-state index >= 15 is 0 Å². The van der Waals surface area contributed by atoms with Crippen molar-refractivity contribution in [2.75, 3.05) is 32.7 Å².